The molecular formula is C24H35N5O6. The molecule has 2 rings (SSSR count). The molecule has 0 fully saturated rings. The SMILES string of the molecule is CCC(C)C(NC(=O)C(C)NC(=O)C(N)C(C)O)C(=O)NC(Cc1c[nH]c2ccccc12)C(=O)O. The number of nitrogens with one attached hydrogen (secondary N) is 4. The van der Waals surface area contributed by atoms with Gasteiger partial charge in [-0.15, -0.1) is 0 Å². The van der Waals surface area contributed by atoms with Gasteiger partial charge >= 0.3 is 5.97 Å². The number of aliphatic hydroxyl groups is 1. The van der Waals surface area contributed by atoms with Crippen LogP contribution in [0.4, 0.5) is 0 Å². The van der Waals surface area contributed by atoms with E-state index in [4.69, 9.17) is 5.73 Å². The second kappa shape index (κ2) is 12.3. The van der Waals surface area contributed by atoms with E-state index in [2.05, 4.69) is 20.9 Å². The van der Waals surface area contributed by atoms with Crippen LogP contribution in [0.3, 0.4) is 0 Å². The zero-order chi connectivity index (χ0) is 26.3. The van der Waals surface area contributed by atoms with Gasteiger partial charge in [0.15, 0.2) is 0 Å². The molecule has 0 aliphatic rings. The molecule has 8 N–H and O–H groups in total. The number of rotatable bonds is 12. The van der Waals surface area contributed by atoms with Gasteiger partial charge in [0, 0.05) is 23.5 Å². The number of carboxylic acid groups (broad SMARTS) is 1. The maximum absolute atomic E-state index is 13.1. The van der Waals surface area contributed by atoms with E-state index in [1.165, 1.54) is 13.8 Å². The van der Waals surface area contributed by atoms with Crippen LogP contribution in [0.2, 0.25) is 0 Å². The van der Waals surface area contributed by atoms with Crippen molar-refractivity contribution >= 4 is 34.6 Å². The number of fused-ring (bicyclic) bond motifs is 1. The molecule has 0 aliphatic heterocycles. The largest absolute Gasteiger partial charge is 0.480 e. The fourth-order valence-electron chi connectivity index (χ4n) is 3.56. The molecule has 0 saturated heterocycles. The van der Waals surface area contributed by atoms with Gasteiger partial charge in [0.05, 0.1) is 6.10 Å². The molecule has 0 spiro atoms. The van der Waals surface area contributed by atoms with Crippen molar-refractivity contribution in [1.29, 1.82) is 0 Å². The fourth-order valence-corrected chi connectivity index (χ4v) is 3.56. The van der Waals surface area contributed by atoms with Crippen LogP contribution in [0.1, 0.15) is 39.7 Å². The van der Waals surface area contributed by atoms with Crippen LogP contribution < -0.4 is 21.7 Å². The van der Waals surface area contributed by atoms with E-state index in [1.54, 1.807) is 13.1 Å². The molecule has 2 aromatic rings. The molecule has 11 heteroatoms. The Morgan fingerprint density at radius 1 is 1.00 bits per heavy atom. The molecule has 1 heterocycles. The Hall–Kier alpha value is -3.44. The first kappa shape index (κ1) is 27.8. The minimum absolute atomic E-state index is 0.0515. The minimum Gasteiger partial charge on any atom is -0.480 e. The molecule has 6 atom stereocenters. The molecular weight excluding hydrogens is 454 g/mol. The van der Waals surface area contributed by atoms with Gasteiger partial charge in [-0.1, -0.05) is 38.5 Å². The minimum atomic E-state index is -1.22. The van der Waals surface area contributed by atoms with Crippen molar-refractivity contribution in [2.24, 2.45) is 11.7 Å². The van der Waals surface area contributed by atoms with E-state index >= 15 is 0 Å². The lowest BCUT2D eigenvalue weighted by Crippen LogP contribution is -2.58. The highest BCUT2D eigenvalue weighted by atomic mass is 16.4. The Kier molecular flexibility index (Phi) is 9.78. The molecule has 0 saturated carbocycles. The highest BCUT2D eigenvalue weighted by molar-refractivity contribution is 5.94. The smallest absolute Gasteiger partial charge is 0.326 e. The van der Waals surface area contributed by atoms with Crippen molar-refractivity contribution in [1.82, 2.24) is 20.9 Å². The fraction of sp³-hybridized carbons (Fsp3) is 0.500. The van der Waals surface area contributed by atoms with Crippen molar-refractivity contribution < 1.29 is 29.4 Å². The van der Waals surface area contributed by atoms with E-state index in [1.807, 2.05) is 31.2 Å². The Morgan fingerprint density at radius 2 is 1.66 bits per heavy atom. The lowest BCUT2D eigenvalue weighted by molar-refractivity contribution is -0.142. The standard InChI is InChI=1S/C24H35N5O6/c1-5-12(2)20(29-21(31)13(3)27-22(32)19(25)14(4)30)23(33)28-18(24(34)35)10-15-11-26-17-9-7-6-8-16(15)17/h6-9,11-14,18-20,26,30H,5,10,25H2,1-4H3,(H,27,32)(H,28,33)(H,29,31)(H,34,35). The number of hydrogen-bond acceptors (Lipinski definition) is 6. The molecule has 1 aromatic heterocycles. The molecule has 1 aromatic carbocycles. The van der Waals surface area contributed by atoms with Crippen molar-refractivity contribution in [2.45, 2.75) is 70.8 Å². The summed E-state index contributed by atoms with van der Waals surface area (Å²) in [6.07, 6.45) is 1.19. The summed E-state index contributed by atoms with van der Waals surface area (Å²) in [5.74, 6) is -3.51. The number of aromatic amines is 1. The first-order valence-electron chi connectivity index (χ1n) is 11.6. The van der Waals surface area contributed by atoms with Crippen molar-refractivity contribution in [3.63, 3.8) is 0 Å². The molecule has 0 bridgehead atoms. The van der Waals surface area contributed by atoms with Crippen molar-refractivity contribution in [3.8, 4) is 0 Å². The third-order valence-corrected chi connectivity index (χ3v) is 6.08. The van der Waals surface area contributed by atoms with Gasteiger partial charge in [0.25, 0.3) is 0 Å². The maximum atomic E-state index is 13.1. The van der Waals surface area contributed by atoms with E-state index in [0.717, 1.165) is 16.5 Å². The molecule has 0 aliphatic carbocycles. The van der Waals surface area contributed by atoms with Gasteiger partial charge in [-0.3, -0.25) is 14.4 Å². The van der Waals surface area contributed by atoms with Crippen LogP contribution in [0.15, 0.2) is 30.5 Å². The van der Waals surface area contributed by atoms with Crippen molar-refractivity contribution in [3.05, 3.63) is 36.0 Å². The third-order valence-electron chi connectivity index (χ3n) is 6.08. The number of aliphatic carboxylic acids is 1. The summed E-state index contributed by atoms with van der Waals surface area (Å²) < 4.78 is 0. The van der Waals surface area contributed by atoms with E-state index in [9.17, 15) is 29.4 Å². The molecule has 11 nitrogen and oxygen atoms in total. The van der Waals surface area contributed by atoms with Crippen LogP contribution in [0, 0.1) is 5.92 Å². The first-order chi connectivity index (χ1) is 16.5. The second-order valence-electron chi connectivity index (χ2n) is 8.83. The molecule has 6 unspecified atom stereocenters. The highest BCUT2D eigenvalue weighted by Gasteiger charge is 2.32. The lowest BCUT2D eigenvalue weighted by Gasteiger charge is -2.27. The maximum Gasteiger partial charge on any atom is 0.326 e. The first-order valence-corrected chi connectivity index (χ1v) is 11.6. The average molecular weight is 490 g/mol. The quantitative estimate of drug-likeness (QED) is 0.219. The molecule has 3 amide bonds. The topological polar surface area (TPSA) is 187 Å². The van der Waals surface area contributed by atoms with Gasteiger partial charge < -0.3 is 36.9 Å². The molecule has 192 valence electrons. The van der Waals surface area contributed by atoms with Crippen LogP contribution in [0.25, 0.3) is 10.9 Å². The number of carbonyl (C=O) groups is 4. The summed E-state index contributed by atoms with van der Waals surface area (Å²) in [4.78, 5) is 52.9. The number of carbonyl (C=O) groups excluding carboxylic acids is 3. The predicted molar refractivity (Wildman–Crippen MR) is 130 cm³/mol. The number of hydrogen-bond donors (Lipinski definition) is 7. The zero-order valence-corrected chi connectivity index (χ0v) is 20.4. The normalized spacial score (nSPS) is 16.4. The number of amides is 3. The summed E-state index contributed by atoms with van der Waals surface area (Å²) in [6.45, 7) is 6.37. The van der Waals surface area contributed by atoms with Crippen LogP contribution in [0.5, 0.6) is 0 Å². The number of carboxylic acids is 1. The van der Waals surface area contributed by atoms with Gasteiger partial charge in [0.1, 0.15) is 24.2 Å². The number of H-pyrrole nitrogens is 1. The van der Waals surface area contributed by atoms with Crippen LogP contribution >= 0.6 is 0 Å². The summed E-state index contributed by atoms with van der Waals surface area (Å²) in [7, 11) is 0. The summed E-state index contributed by atoms with van der Waals surface area (Å²) in [6, 6.07) is 2.96. The monoisotopic (exact) mass is 489 g/mol. The summed E-state index contributed by atoms with van der Waals surface area (Å²) in [5, 5.41) is 27.6. The summed E-state index contributed by atoms with van der Waals surface area (Å²) in [5.41, 5.74) is 7.18. The number of nitrogens with two attached hydrogens (primary N) is 1. The number of benzene rings is 1. The zero-order valence-electron chi connectivity index (χ0n) is 20.4. The second-order valence-corrected chi connectivity index (χ2v) is 8.83. The Morgan fingerprint density at radius 3 is 2.26 bits per heavy atom. The van der Waals surface area contributed by atoms with Crippen LogP contribution in [-0.4, -0.2) is 69.2 Å². The Balaban J connectivity index is 2.12. The number of para-hydroxylation sites is 1. The predicted octanol–water partition coefficient (Wildman–Crippen LogP) is 0.0235. The van der Waals surface area contributed by atoms with E-state index in [0.29, 0.717) is 6.42 Å². The lowest BCUT2D eigenvalue weighted by atomic mass is 9.97. The summed E-state index contributed by atoms with van der Waals surface area (Å²) >= 11 is 0. The number of aromatic nitrogens is 1. The van der Waals surface area contributed by atoms with E-state index in [-0.39, 0.29) is 12.3 Å². The average Bonchev–Trinajstić information content (AvgIpc) is 3.23. The third kappa shape index (κ3) is 7.27. The van der Waals surface area contributed by atoms with Crippen LogP contribution in [-0.2, 0) is 25.6 Å². The van der Waals surface area contributed by atoms with Crippen molar-refractivity contribution in [2.75, 3.05) is 0 Å². The highest BCUT2D eigenvalue weighted by Crippen LogP contribution is 2.19. The molecule has 0 radical (unpaired) electrons. The van der Waals surface area contributed by atoms with Gasteiger partial charge in [-0.05, 0) is 31.4 Å². The molecule has 35 heavy (non-hydrogen) atoms. The van der Waals surface area contributed by atoms with Gasteiger partial charge in [-0.25, -0.2) is 4.79 Å². The number of aliphatic hydroxyl groups excluding tert-OH is 1. The van der Waals surface area contributed by atoms with Gasteiger partial charge in [-0.2, -0.15) is 0 Å². The Labute approximate surface area is 203 Å². The van der Waals surface area contributed by atoms with Gasteiger partial charge in [0.2, 0.25) is 17.7 Å². The van der Waals surface area contributed by atoms with E-state index < -0.39 is 54.0 Å². The Bertz CT molecular complexity index is 1050.